The van der Waals surface area contributed by atoms with Gasteiger partial charge in [-0.15, -0.1) is 11.3 Å². The van der Waals surface area contributed by atoms with Crippen LogP contribution in [-0.2, 0) is 30.8 Å². The van der Waals surface area contributed by atoms with Crippen LogP contribution in [0.3, 0.4) is 0 Å². The summed E-state index contributed by atoms with van der Waals surface area (Å²) in [4.78, 5) is 33.4. The SMILES string of the molecule is O=C([C@H](CCN1CCCCC1)N1CC[C@H](NS(=O)(=O)CCc2ccc(Cl)s2)C1=O)N1CCOCC1. The monoisotopic (exact) mass is 546 g/mol. The van der Waals surface area contributed by atoms with Gasteiger partial charge in [0.25, 0.3) is 0 Å². The molecule has 1 N–H and O–H groups in total. The molecule has 1 aromatic heterocycles. The molecule has 2 atom stereocenters. The number of carbonyl (C=O) groups excluding carboxylic acids is 2. The number of ether oxygens (including phenoxy) is 1. The van der Waals surface area contributed by atoms with Gasteiger partial charge in [0.15, 0.2) is 0 Å². The van der Waals surface area contributed by atoms with E-state index >= 15 is 0 Å². The Hall–Kier alpha value is -1.24. The van der Waals surface area contributed by atoms with Crippen molar-refractivity contribution in [3.63, 3.8) is 0 Å². The molecule has 3 aliphatic heterocycles. The predicted octanol–water partition coefficient (Wildman–Crippen LogP) is 1.57. The maximum absolute atomic E-state index is 13.5. The first-order valence-electron chi connectivity index (χ1n) is 12.5. The van der Waals surface area contributed by atoms with Crippen LogP contribution in [0.25, 0.3) is 0 Å². The van der Waals surface area contributed by atoms with Gasteiger partial charge in [-0.1, -0.05) is 18.0 Å². The normalized spacial score (nSPS) is 23.1. The second-order valence-electron chi connectivity index (χ2n) is 9.41. The third-order valence-corrected chi connectivity index (χ3v) is 9.64. The summed E-state index contributed by atoms with van der Waals surface area (Å²) in [6.45, 7) is 5.19. The Balaban J connectivity index is 1.39. The van der Waals surface area contributed by atoms with Crippen molar-refractivity contribution in [2.45, 2.75) is 50.6 Å². The Morgan fingerprint density at radius 1 is 1.14 bits per heavy atom. The molecule has 4 rings (SSSR count). The van der Waals surface area contributed by atoms with Crippen molar-refractivity contribution >= 4 is 44.8 Å². The Morgan fingerprint density at radius 3 is 2.57 bits per heavy atom. The lowest BCUT2D eigenvalue weighted by atomic mass is 10.1. The quantitative estimate of drug-likeness (QED) is 0.478. The molecular weight excluding hydrogens is 512 g/mol. The molecule has 2 amide bonds. The maximum atomic E-state index is 13.5. The van der Waals surface area contributed by atoms with Gasteiger partial charge < -0.3 is 19.4 Å². The van der Waals surface area contributed by atoms with Crippen molar-refractivity contribution in [1.29, 1.82) is 0 Å². The van der Waals surface area contributed by atoms with Crippen LogP contribution < -0.4 is 4.72 Å². The number of carbonyl (C=O) groups is 2. The van der Waals surface area contributed by atoms with Gasteiger partial charge in [0, 0.05) is 31.1 Å². The van der Waals surface area contributed by atoms with Crippen LogP contribution in [0.4, 0.5) is 0 Å². The molecule has 3 aliphatic rings. The summed E-state index contributed by atoms with van der Waals surface area (Å²) in [6.07, 6.45) is 4.81. The van der Waals surface area contributed by atoms with Crippen molar-refractivity contribution < 1.29 is 22.7 Å². The summed E-state index contributed by atoms with van der Waals surface area (Å²) in [5, 5.41) is 0. The Labute approximate surface area is 216 Å². The van der Waals surface area contributed by atoms with E-state index in [2.05, 4.69) is 9.62 Å². The molecule has 4 heterocycles. The van der Waals surface area contributed by atoms with Crippen LogP contribution in [0, 0.1) is 0 Å². The third-order valence-electron chi connectivity index (χ3n) is 6.96. The maximum Gasteiger partial charge on any atom is 0.245 e. The van der Waals surface area contributed by atoms with Crippen molar-refractivity contribution in [1.82, 2.24) is 19.4 Å². The van der Waals surface area contributed by atoms with Gasteiger partial charge in [-0.25, -0.2) is 13.1 Å². The molecule has 0 bridgehead atoms. The lowest BCUT2D eigenvalue weighted by Crippen LogP contribution is -2.54. The fourth-order valence-corrected chi connectivity index (χ4v) is 7.49. The molecule has 0 spiro atoms. The highest BCUT2D eigenvalue weighted by atomic mass is 35.5. The van der Waals surface area contributed by atoms with E-state index in [0.717, 1.165) is 37.4 Å². The topological polar surface area (TPSA) is 99.3 Å². The zero-order chi connectivity index (χ0) is 24.8. The average molecular weight is 547 g/mol. The number of nitrogens with one attached hydrogen (secondary N) is 1. The fraction of sp³-hybridized carbons (Fsp3) is 0.739. The van der Waals surface area contributed by atoms with Gasteiger partial charge in [-0.2, -0.15) is 0 Å². The van der Waals surface area contributed by atoms with Gasteiger partial charge in [0.05, 0.1) is 23.3 Å². The molecule has 196 valence electrons. The standard InChI is InChI=1S/C23H35ClN4O5S2/c24-21-5-4-18(34-21)8-17-35(31,32)25-19-6-12-28(22(19)29)20(7-11-26-9-2-1-3-10-26)23(30)27-13-15-33-16-14-27/h4-5,19-20,25H,1-3,6-17H2/t19-,20-/m0/s1. The number of morpholine rings is 1. The molecule has 0 aliphatic carbocycles. The lowest BCUT2D eigenvalue weighted by Gasteiger charge is -2.36. The average Bonchev–Trinajstić information content (AvgIpc) is 3.44. The summed E-state index contributed by atoms with van der Waals surface area (Å²) in [6, 6.07) is 2.15. The van der Waals surface area contributed by atoms with Crippen molar-refractivity contribution in [3.05, 3.63) is 21.3 Å². The van der Waals surface area contributed by atoms with Crippen molar-refractivity contribution in [2.24, 2.45) is 0 Å². The van der Waals surface area contributed by atoms with Crippen LogP contribution in [0.15, 0.2) is 12.1 Å². The number of halogens is 1. The Bertz CT molecular complexity index is 976. The third kappa shape index (κ3) is 7.39. The fourth-order valence-electron chi connectivity index (χ4n) is 5.01. The predicted molar refractivity (Wildman–Crippen MR) is 136 cm³/mol. The van der Waals surface area contributed by atoms with Crippen LogP contribution in [-0.4, -0.2) is 105 Å². The number of aryl methyl sites for hydroxylation is 1. The van der Waals surface area contributed by atoms with E-state index in [-0.39, 0.29) is 17.6 Å². The number of sulfonamides is 1. The van der Waals surface area contributed by atoms with Crippen LogP contribution >= 0.6 is 22.9 Å². The molecule has 35 heavy (non-hydrogen) atoms. The first kappa shape index (κ1) is 26.8. The van der Waals surface area contributed by atoms with E-state index in [9.17, 15) is 18.0 Å². The number of piperidine rings is 1. The zero-order valence-corrected chi connectivity index (χ0v) is 22.4. The van der Waals surface area contributed by atoms with Gasteiger partial charge in [0.2, 0.25) is 21.8 Å². The number of thiophene rings is 1. The lowest BCUT2D eigenvalue weighted by molar-refractivity contribution is -0.147. The van der Waals surface area contributed by atoms with E-state index in [1.54, 1.807) is 15.9 Å². The van der Waals surface area contributed by atoms with Crippen LogP contribution in [0.5, 0.6) is 0 Å². The second kappa shape index (κ2) is 12.3. The summed E-state index contributed by atoms with van der Waals surface area (Å²) < 4.78 is 34.0. The highest BCUT2D eigenvalue weighted by molar-refractivity contribution is 7.89. The number of amides is 2. The highest BCUT2D eigenvalue weighted by Crippen LogP contribution is 2.23. The van der Waals surface area contributed by atoms with Gasteiger partial charge in [-0.3, -0.25) is 9.59 Å². The van der Waals surface area contributed by atoms with Crippen LogP contribution in [0.1, 0.15) is 37.0 Å². The molecule has 12 heteroatoms. The zero-order valence-electron chi connectivity index (χ0n) is 20.0. The minimum absolute atomic E-state index is 0.0586. The number of hydrogen-bond acceptors (Lipinski definition) is 7. The summed E-state index contributed by atoms with van der Waals surface area (Å²) in [5.41, 5.74) is 0. The number of nitrogens with zero attached hydrogens (tertiary/aromatic N) is 3. The van der Waals surface area contributed by atoms with E-state index in [0.29, 0.717) is 56.4 Å². The van der Waals surface area contributed by atoms with E-state index < -0.39 is 22.1 Å². The van der Waals surface area contributed by atoms with Gasteiger partial charge in [-0.05, 0) is 57.3 Å². The first-order valence-corrected chi connectivity index (χ1v) is 15.3. The smallest absolute Gasteiger partial charge is 0.245 e. The first-order chi connectivity index (χ1) is 16.8. The Kier molecular flexibility index (Phi) is 9.45. The molecule has 0 saturated carbocycles. The summed E-state index contributed by atoms with van der Waals surface area (Å²) in [7, 11) is -3.66. The largest absolute Gasteiger partial charge is 0.378 e. The molecule has 0 unspecified atom stereocenters. The van der Waals surface area contributed by atoms with Gasteiger partial charge in [0.1, 0.15) is 12.1 Å². The molecule has 3 fully saturated rings. The van der Waals surface area contributed by atoms with Crippen molar-refractivity contribution in [3.8, 4) is 0 Å². The minimum atomic E-state index is -3.66. The number of likely N-dealkylation sites (tertiary alicyclic amines) is 2. The second-order valence-corrected chi connectivity index (χ2v) is 13.1. The summed E-state index contributed by atoms with van der Waals surface area (Å²) in [5.74, 6) is -0.478. The van der Waals surface area contributed by atoms with Crippen molar-refractivity contribution in [2.75, 3.05) is 58.2 Å². The van der Waals surface area contributed by atoms with E-state index in [4.69, 9.17) is 16.3 Å². The molecule has 3 saturated heterocycles. The van der Waals surface area contributed by atoms with Crippen LogP contribution in [0.2, 0.25) is 4.34 Å². The van der Waals surface area contributed by atoms with Gasteiger partial charge >= 0.3 is 0 Å². The highest BCUT2D eigenvalue weighted by Gasteiger charge is 2.41. The minimum Gasteiger partial charge on any atom is -0.378 e. The number of rotatable bonds is 10. The molecule has 9 nitrogen and oxygen atoms in total. The molecular formula is C23H35ClN4O5S2. The molecule has 0 aromatic carbocycles. The Morgan fingerprint density at radius 2 is 1.89 bits per heavy atom. The number of hydrogen-bond donors (Lipinski definition) is 1. The van der Waals surface area contributed by atoms with E-state index in [1.165, 1.54) is 17.8 Å². The van der Waals surface area contributed by atoms with E-state index in [1.807, 2.05) is 6.07 Å². The molecule has 0 radical (unpaired) electrons. The summed E-state index contributed by atoms with van der Waals surface area (Å²) >= 11 is 7.28. The molecule has 1 aromatic rings.